The number of rotatable bonds is 1. The Bertz CT molecular complexity index is 183. The first-order valence-corrected chi connectivity index (χ1v) is 3.87. The van der Waals surface area contributed by atoms with Gasteiger partial charge in [0.1, 0.15) is 11.8 Å². The molecule has 1 aliphatic rings. The van der Waals surface area contributed by atoms with E-state index in [-0.39, 0.29) is 6.61 Å². The van der Waals surface area contributed by atoms with Gasteiger partial charge in [-0.05, 0) is 13.8 Å². The minimum absolute atomic E-state index is 0.256. The summed E-state index contributed by atoms with van der Waals surface area (Å²) in [5.41, 5.74) is -0.478. The fourth-order valence-electron chi connectivity index (χ4n) is 1.00. The van der Waals surface area contributed by atoms with E-state index in [0.717, 1.165) is 0 Å². The third kappa shape index (κ3) is 1.53. The van der Waals surface area contributed by atoms with E-state index >= 15 is 0 Å². The summed E-state index contributed by atoms with van der Waals surface area (Å²) in [6.07, 6.45) is 0. The Labute approximate surface area is 67.8 Å². The van der Waals surface area contributed by atoms with Gasteiger partial charge < -0.3 is 9.84 Å². The molecular weight excluding hydrogens is 165 g/mol. The Morgan fingerprint density at radius 2 is 2.36 bits per heavy atom. The van der Waals surface area contributed by atoms with E-state index in [0.29, 0.717) is 0 Å². The van der Waals surface area contributed by atoms with Crippen molar-refractivity contribution in [3.05, 3.63) is 0 Å². The highest BCUT2D eigenvalue weighted by Crippen LogP contribution is 2.30. The van der Waals surface area contributed by atoms with E-state index in [4.69, 9.17) is 9.84 Å². The summed E-state index contributed by atoms with van der Waals surface area (Å²) in [4.78, 5) is 10.6. The van der Waals surface area contributed by atoms with E-state index in [1.54, 1.807) is 4.67 Å². The minimum atomic E-state index is -0.842. The van der Waals surface area contributed by atoms with Crippen molar-refractivity contribution in [3.8, 4) is 0 Å². The van der Waals surface area contributed by atoms with E-state index in [2.05, 4.69) is 9.39 Å². The molecule has 1 N–H and O–H groups in total. The standard InChI is InChI=1S/C6H12NO3P/c1-6(2)7(11)4(3-10-6)5(8)9/h4H,3,11H2,1-2H3,(H,8,9)/t4-/m1/s1. The van der Waals surface area contributed by atoms with Gasteiger partial charge in [0.2, 0.25) is 0 Å². The van der Waals surface area contributed by atoms with Gasteiger partial charge in [-0.15, -0.1) is 0 Å². The predicted molar refractivity (Wildman–Crippen MR) is 43.0 cm³/mol. The highest BCUT2D eigenvalue weighted by atomic mass is 31.0. The van der Waals surface area contributed by atoms with Crippen molar-refractivity contribution in [2.45, 2.75) is 25.6 Å². The average Bonchev–Trinajstić information content (AvgIpc) is 2.09. The highest BCUT2D eigenvalue weighted by molar-refractivity contribution is 7.13. The number of ether oxygens (including phenoxy) is 1. The van der Waals surface area contributed by atoms with Gasteiger partial charge >= 0.3 is 5.97 Å². The SMILES string of the molecule is CC1(C)OC[C@H](C(=O)O)N1P. The van der Waals surface area contributed by atoms with Crippen LogP contribution in [0.3, 0.4) is 0 Å². The van der Waals surface area contributed by atoms with Gasteiger partial charge in [0, 0.05) is 0 Å². The van der Waals surface area contributed by atoms with Crippen LogP contribution in [-0.2, 0) is 9.53 Å². The minimum Gasteiger partial charge on any atom is -0.480 e. The molecule has 5 heteroatoms. The van der Waals surface area contributed by atoms with Crippen LogP contribution < -0.4 is 0 Å². The lowest BCUT2D eigenvalue weighted by Crippen LogP contribution is -2.39. The van der Waals surface area contributed by atoms with Gasteiger partial charge in [0.25, 0.3) is 0 Å². The number of hydrogen-bond acceptors (Lipinski definition) is 3. The maximum absolute atomic E-state index is 10.6. The molecule has 1 heterocycles. The van der Waals surface area contributed by atoms with Crippen LogP contribution in [0.2, 0.25) is 0 Å². The second kappa shape index (κ2) is 2.70. The molecule has 1 saturated heterocycles. The molecule has 0 amide bonds. The molecule has 0 bridgehead atoms. The number of hydrogen-bond donors (Lipinski definition) is 1. The van der Waals surface area contributed by atoms with Crippen LogP contribution in [0.1, 0.15) is 13.8 Å². The molecule has 0 aromatic rings. The molecule has 1 fully saturated rings. The maximum Gasteiger partial charge on any atom is 0.323 e. The summed E-state index contributed by atoms with van der Waals surface area (Å²) in [6, 6.07) is -0.532. The molecule has 0 aromatic carbocycles. The van der Waals surface area contributed by atoms with Gasteiger partial charge in [-0.2, -0.15) is 0 Å². The molecule has 0 aromatic heterocycles. The van der Waals surface area contributed by atoms with Crippen molar-refractivity contribution < 1.29 is 14.6 Å². The van der Waals surface area contributed by atoms with E-state index in [1.165, 1.54) is 0 Å². The Morgan fingerprint density at radius 3 is 2.55 bits per heavy atom. The summed E-state index contributed by atoms with van der Waals surface area (Å²) in [5, 5.41) is 8.68. The highest BCUT2D eigenvalue weighted by Gasteiger charge is 2.41. The zero-order valence-electron chi connectivity index (χ0n) is 6.57. The van der Waals surface area contributed by atoms with E-state index in [9.17, 15) is 4.79 Å². The molecule has 0 aliphatic carbocycles. The van der Waals surface area contributed by atoms with Crippen molar-refractivity contribution in [3.63, 3.8) is 0 Å². The third-order valence-electron chi connectivity index (χ3n) is 1.84. The van der Waals surface area contributed by atoms with Crippen molar-refractivity contribution in [2.24, 2.45) is 0 Å². The molecule has 11 heavy (non-hydrogen) atoms. The van der Waals surface area contributed by atoms with Crippen LogP contribution in [0.5, 0.6) is 0 Å². The van der Waals surface area contributed by atoms with Gasteiger partial charge in [0.05, 0.1) is 6.61 Å². The van der Waals surface area contributed by atoms with Crippen LogP contribution in [0.4, 0.5) is 0 Å². The van der Waals surface area contributed by atoms with Gasteiger partial charge in [-0.1, -0.05) is 9.39 Å². The summed E-state index contributed by atoms with van der Waals surface area (Å²) < 4.78 is 6.88. The topological polar surface area (TPSA) is 49.8 Å². The number of aliphatic carboxylic acids is 1. The Hall–Kier alpha value is -0.180. The number of carboxylic acids is 1. The van der Waals surface area contributed by atoms with Gasteiger partial charge in [-0.3, -0.25) is 4.79 Å². The quantitative estimate of drug-likeness (QED) is 0.585. The Kier molecular flexibility index (Phi) is 2.19. The molecule has 1 unspecified atom stereocenters. The zero-order valence-corrected chi connectivity index (χ0v) is 7.73. The molecule has 64 valence electrons. The lowest BCUT2D eigenvalue weighted by Gasteiger charge is -2.27. The van der Waals surface area contributed by atoms with Crippen LogP contribution in [0.15, 0.2) is 0 Å². The number of carboxylic acid groups (broad SMARTS) is 1. The van der Waals surface area contributed by atoms with Crippen molar-refractivity contribution >= 4 is 15.4 Å². The largest absolute Gasteiger partial charge is 0.480 e. The van der Waals surface area contributed by atoms with Crippen LogP contribution in [0.25, 0.3) is 0 Å². The first-order valence-electron chi connectivity index (χ1n) is 3.36. The lowest BCUT2D eigenvalue weighted by atomic mass is 10.3. The normalized spacial score (nSPS) is 30.6. The lowest BCUT2D eigenvalue weighted by molar-refractivity contribution is -0.140. The van der Waals surface area contributed by atoms with Crippen molar-refractivity contribution in [1.29, 1.82) is 0 Å². The van der Waals surface area contributed by atoms with Crippen molar-refractivity contribution in [1.82, 2.24) is 4.67 Å². The molecule has 0 saturated carbocycles. The van der Waals surface area contributed by atoms with E-state index < -0.39 is 17.7 Å². The molecule has 0 spiro atoms. The second-order valence-electron chi connectivity index (χ2n) is 3.02. The third-order valence-corrected chi connectivity index (χ3v) is 2.82. The fraction of sp³-hybridized carbons (Fsp3) is 0.833. The molecule has 2 atom stereocenters. The van der Waals surface area contributed by atoms with Gasteiger partial charge in [0.15, 0.2) is 0 Å². The van der Waals surface area contributed by atoms with Crippen LogP contribution in [0, 0.1) is 0 Å². The second-order valence-corrected chi connectivity index (χ2v) is 3.58. The van der Waals surface area contributed by atoms with E-state index in [1.807, 2.05) is 13.8 Å². The molecule has 4 nitrogen and oxygen atoms in total. The van der Waals surface area contributed by atoms with Gasteiger partial charge in [-0.25, -0.2) is 4.67 Å². The van der Waals surface area contributed by atoms with Crippen LogP contribution >= 0.6 is 9.39 Å². The summed E-state index contributed by atoms with van der Waals surface area (Å²) in [6.45, 7) is 3.93. The predicted octanol–water partition coefficient (Wildman–Crippen LogP) is 0.298. The molecule has 0 radical (unpaired) electrons. The Morgan fingerprint density at radius 1 is 1.82 bits per heavy atom. The molecule has 1 aliphatic heterocycles. The zero-order chi connectivity index (χ0) is 8.65. The fourth-order valence-corrected chi connectivity index (χ4v) is 1.29. The number of nitrogens with zero attached hydrogens (tertiary/aromatic N) is 1. The number of carbonyl (C=O) groups is 1. The van der Waals surface area contributed by atoms with Crippen LogP contribution in [-0.4, -0.2) is 34.1 Å². The summed E-state index contributed by atoms with van der Waals surface area (Å²) >= 11 is 0. The first-order chi connectivity index (χ1) is 4.95. The Balaban J connectivity index is 2.71. The molecular formula is C6H12NO3P. The summed E-state index contributed by atoms with van der Waals surface area (Å²) in [7, 11) is 2.38. The summed E-state index contributed by atoms with van der Waals surface area (Å²) in [5.74, 6) is -0.842. The van der Waals surface area contributed by atoms with Crippen molar-refractivity contribution in [2.75, 3.05) is 6.61 Å². The maximum atomic E-state index is 10.6. The first kappa shape index (κ1) is 8.91. The smallest absolute Gasteiger partial charge is 0.323 e. The monoisotopic (exact) mass is 177 g/mol. The molecule has 1 rings (SSSR count). The average molecular weight is 177 g/mol.